The van der Waals surface area contributed by atoms with Gasteiger partial charge in [-0.05, 0) is 68.7 Å². The number of benzene rings is 1. The van der Waals surface area contributed by atoms with Gasteiger partial charge in [0.1, 0.15) is 5.82 Å². The first-order valence-electron chi connectivity index (χ1n) is 10.6. The SMILES string of the molecule is C=C(C)CCCC/C1=C/C(C)=C/C(C)C(=C)CN(C)N(C)C1c1ccc(F)cc1. The molecule has 0 fully saturated rings. The Morgan fingerprint density at radius 2 is 1.83 bits per heavy atom. The number of hydrogen-bond donors (Lipinski definition) is 0. The van der Waals surface area contributed by atoms with Crippen molar-refractivity contribution in [1.82, 2.24) is 10.0 Å². The van der Waals surface area contributed by atoms with Gasteiger partial charge < -0.3 is 0 Å². The molecular formula is C26H37FN2. The second-order valence-corrected chi connectivity index (χ2v) is 8.58. The van der Waals surface area contributed by atoms with Crippen LogP contribution in [-0.2, 0) is 0 Å². The van der Waals surface area contributed by atoms with Crippen LogP contribution < -0.4 is 0 Å². The highest BCUT2D eigenvalue weighted by Crippen LogP contribution is 2.34. The minimum atomic E-state index is -0.199. The number of hydrazine groups is 1. The van der Waals surface area contributed by atoms with Crippen LogP contribution in [-0.4, -0.2) is 30.7 Å². The maximum atomic E-state index is 13.6. The van der Waals surface area contributed by atoms with Crippen LogP contribution in [0.15, 0.2) is 71.9 Å². The molecule has 2 atom stereocenters. The van der Waals surface area contributed by atoms with Gasteiger partial charge in [0.25, 0.3) is 0 Å². The van der Waals surface area contributed by atoms with Crippen molar-refractivity contribution in [3.05, 3.63) is 83.2 Å². The van der Waals surface area contributed by atoms with E-state index in [1.54, 1.807) is 12.1 Å². The third-order valence-corrected chi connectivity index (χ3v) is 5.77. The zero-order valence-electron chi connectivity index (χ0n) is 18.8. The minimum absolute atomic E-state index is 0.0648. The fraction of sp³-hybridized carbons (Fsp3) is 0.462. The van der Waals surface area contributed by atoms with Crippen LogP contribution in [0.1, 0.15) is 58.1 Å². The first kappa shape index (κ1) is 23.3. The monoisotopic (exact) mass is 396 g/mol. The van der Waals surface area contributed by atoms with Crippen molar-refractivity contribution in [1.29, 1.82) is 0 Å². The predicted molar refractivity (Wildman–Crippen MR) is 123 cm³/mol. The zero-order valence-corrected chi connectivity index (χ0v) is 18.8. The van der Waals surface area contributed by atoms with E-state index in [1.165, 1.54) is 22.3 Å². The second kappa shape index (κ2) is 10.7. The normalized spacial score (nSPS) is 25.8. The molecule has 3 heteroatoms. The Bertz CT molecular complexity index is 772. The molecule has 0 amide bonds. The zero-order chi connectivity index (χ0) is 21.6. The van der Waals surface area contributed by atoms with Gasteiger partial charge in [-0.25, -0.2) is 14.4 Å². The lowest BCUT2D eigenvalue weighted by atomic mass is 9.90. The van der Waals surface area contributed by atoms with Crippen LogP contribution in [0.2, 0.25) is 0 Å². The summed E-state index contributed by atoms with van der Waals surface area (Å²) in [5.41, 5.74) is 6.16. The van der Waals surface area contributed by atoms with Crippen molar-refractivity contribution in [3.63, 3.8) is 0 Å². The van der Waals surface area contributed by atoms with E-state index < -0.39 is 0 Å². The van der Waals surface area contributed by atoms with Crippen LogP contribution in [0.3, 0.4) is 0 Å². The highest BCUT2D eigenvalue weighted by Gasteiger charge is 2.26. The summed E-state index contributed by atoms with van der Waals surface area (Å²) >= 11 is 0. The fourth-order valence-corrected chi connectivity index (χ4v) is 3.96. The summed E-state index contributed by atoms with van der Waals surface area (Å²) in [7, 11) is 4.22. The summed E-state index contributed by atoms with van der Waals surface area (Å²) in [5.74, 6) is 0.129. The topological polar surface area (TPSA) is 6.48 Å². The van der Waals surface area contributed by atoms with E-state index in [0.717, 1.165) is 37.8 Å². The molecule has 0 aliphatic carbocycles. The van der Waals surface area contributed by atoms with Gasteiger partial charge in [0, 0.05) is 20.6 Å². The lowest BCUT2D eigenvalue weighted by molar-refractivity contribution is 0.00337. The second-order valence-electron chi connectivity index (χ2n) is 8.58. The van der Waals surface area contributed by atoms with Crippen molar-refractivity contribution in [2.75, 3.05) is 20.6 Å². The van der Waals surface area contributed by atoms with Gasteiger partial charge in [0.05, 0.1) is 6.04 Å². The van der Waals surface area contributed by atoms with Gasteiger partial charge in [-0.3, -0.25) is 0 Å². The number of halogens is 1. The number of likely N-dealkylation sites (N-methyl/N-ethyl adjacent to an activating group) is 2. The smallest absolute Gasteiger partial charge is 0.123 e. The summed E-state index contributed by atoms with van der Waals surface area (Å²) in [5, 5.41) is 4.50. The summed E-state index contributed by atoms with van der Waals surface area (Å²) in [4.78, 5) is 0. The number of hydrogen-bond acceptors (Lipinski definition) is 2. The molecule has 158 valence electrons. The average molecular weight is 397 g/mol. The highest BCUT2D eigenvalue weighted by atomic mass is 19.1. The van der Waals surface area contributed by atoms with Gasteiger partial charge in [-0.15, -0.1) is 6.58 Å². The molecule has 0 saturated heterocycles. The van der Waals surface area contributed by atoms with Crippen LogP contribution >= 0.6 is 0 Å². The summed E-state index contributed by atoms with van der Waals surface area (Å²) in [6, 6.07) is 7.01. The average Bonchev–Trinajstić information content (AvgIpc) is 2.65. The van der Waals surface area contributed by atoms with E-state index in [0.29, 0.717) is 5.92 Å². The van der Waals surface area contributed by atoms with Crippen molar-refractivity contribution < 1.29 is 4.39 Å². The number of unbranched alkanes of at least 4 members (excludes halogenated alkanes) is 1. The van der Waals surface area contributed by atoms with E-state index in [2.05, 4.69) is 70.2 Å². The highest BCUT2D eigenvalue weighted by molar-refractivity contribution is 5.34. The van der Waals surface area contributed by atoms with Crippen LogP contribution in [0.25, 0.3) is 0 Å². The van der Waals surface area contributed by atoms with Gasteiger partial charge in [0.2, 0.25) is 0 Å². The predicted octanol–water partition coefficient (Wildman–Crippen LogP) is 6.86. The Morgan fingerprint density at radius 3 is 2.45 bits per heavy atom. The molecule has 0 radical (unpaired) electrons. The van der Waals surface area contributed by atoms with Gasteiger partial charge in [-0.2, -0.15) is 0 Å². The molecule has 2 unspecified atom stereocenters. The van der Waals surface area contributed by atoms with E-state index in [9.17, 15) is 4.39 Å². The fourth-order valence-electron chi connectivity index (χ4n) is 3.96. The molecule has 0 aromatic heterocycles. The number of nitrogens with zero attached hydrogens (tertiary/aromatic N) is 2. The summed E-state index contributed by atoms with van der Waals surface area (Å²) in [6.45, 7) is 15.6. The molecule has 29 heavy (non-hydrogen) atoms. The molecule has 0 N–H and O–H groups in total. The molecule has 1 aliphatic rings. The standard InChI is InChI=1S/C26H37FN2/c1-19(2)10-8-9-11-24-17-20(3)16-21(4)22(5)18-28(6)29(7)26(24)23-12-14-25(27)15-13-23/h12-17,21,26H,1,5,8-11,18H2,2-4,6-7H3/b20-16+,24-17-. The molecule has 1 heterocycles. The quantitative estimate of drug-likeness (QED) is 0.383. The molecule has 1 aromatic rings. The van der Waals surface area contributed by atoms with Gasteiger partial charge in [0.15, 0.2) is 0 Å². The van der Waals surface area contributed by atoms with E-state index in [1.807, 2.05) is 12.1 Å². The first-order chi connectivity index (χ1) is 13.7. The molecule has 0 spiro atoms. The molecule has 1 aromatic carbocycles. The summed E-state index contributed by atoms with van der Waals surface area (Å²) in [6.07, 6.45) is 8.96. The molecular weight excluding hydrogens is 359 g/mol. The maximum Gasteiger partial charge on any atom is 0.123 e. The minimum Gasteiger partial charge on any atom is -0.240 e. The molecule has 0 saturated carbocycles. The van der Waals surface area contributed by atoms with E-state index in [4.69, 9.17) is 0 Å². The first-order valence-corrected chi connectivity index (χ1v) is 10.6. The third kappa shape index (κ3) is 6.80. The Hall–Kier alpha value is -1.97. The third-order valence-electron chi connectivity index (χ3n) is 5.77. The van der Waals surface area contributed by atoms with Crippen LogP contribution in [0.4, 0.5) is 4.39 Å². The van der Waals surface area contributed by atoms with Gasteiger partial charge >= 0.3 is 0 Å². The molecule has 2 nitrogen and oxygen atoms in total. The van der Waals surface area contributed by atoms with Crippen LogP contribution in [0.5, 0.6) is 0 Å². The van der Waals surface area contributed by atoms with Gasteiger partial charge in [-0.1, -0.05) is 54.5 Å². The Kier molecular flexibility index (Phi) is 8.60. The Labute approximate surface area is 177 Å². The lowest BCUT2D eigenvalue weighted by Gasteiger charge is -2.39. The maximum absolute atomic E-state index is 13.6. The largest absolute Gasteiger partial charge is 0.240 e. The van der Waals surface area contributed by atoms with Crippen molar-refractivity contribution in [2.45, 2.75) is 52.5 Å². The summed E-state index contributed by atoms with van der Waals surface area (Å²) < 4.78 is 13.6. The molecule has 0 bridgehead atoms. The molecule has 1 aliphatic heterocycles. The number of allylic oxidation sites excluding steroid dienone is 4. The van der Waals surface area contributed by atoms with Crippen molar-refractivity contribution in [3.8, 4) is 0 Å². The number of rotatable bonds is 6. The Balaban J connectivity index is 2.46. The van der Waals surface area contributed by atoms with E-state index in [-0.39, 0.29) is 11.9 Å². The van der Waals surface area contributed by atoms with Crippen LogP contribution in [0, 0.1) is 11.7 Å². The van der Waals surface area contributed by atoms with Crippen molar-refractivity contribution in [2.24, 2.45) is 5.92 Å². The molecule has 2 rings (SSSR count). The van der Waals surface area contributed by atoms with E-state index >= 15 is 0 Å². The van der Waals surface area contributed by atoms with Crippen molar-refractivity contribution >= 4 is 0 Å². The Morgan fingerprint density at radius 1 is 1.17 bits per heavy atom. The lowest BCUT2D eigenvalue weighted by Crippen LogP contribution is -2.42.